The summed E-state index contributed by atoms with van der Waals surface area (Å²) in [4.78, 5) is 4.39. The second kappa shape index (κ2) is 11.8. The van der Waals surface area contributed by atoms with Gasteiger partial charge >= 0.3 is 0 Å². The number of hydrogen-bond donors (Lipinski definition) is 2. The van der Waals surface area contributed by atoms with Crippen LogP contribution < -0.4 is 10.6 Å². The summed E-state index contributed by atoms with van der Waals surface area (Å²) >= 11 is 1.97. The zero-order chi connectivity index (χ0) is 16.5. The van der Waals surface area contributed by atoms with Crippen LogP contribution in [-0.2, 0) is 4.74 Å². The van der Waals surface area contributed by atoms with Crippen LogP contribution in [0.25, 0.3) is 0 Å². The number of guanidine groups is 1. The molecule has 0 aromatic carbocycles. The summed E-state index contributed by atoms with van der Waals surface area (Å²) < 4.78 is 5.81. The lowest BCUT2D eigenvalue weighted by Crippen LogP contribution is -2.48. The van der Waals surface area contributed by atoms with Crippen molar-refractivity contribution in [3.8, 4) is 0 Å². The minimum absolute atomic E-state index is 0. The smallest absolute Gasteiger partial charge is 0.191 e. The molecule has 0 spiro atoms. The maximum Gasteiger partial charge on any atom is 0.191 e. The van der Waals surface area contributed by atoms with Gasteiger partial charge < -0.3 is 15.4 Å². The minimum atomic E-state index is 0. The van der Waals surface area contributed by atoms with E-state index >= 15 is 0 Å². The van der Waals surface area contributed by atoms with Gasteiger partial charge in [-0.3, -0.25) is 4.99 Å². The van der Waals surface area contributed by atoms with Crippen LogP contribution in [0.2, 0.25) is 0 Å². The van der Waals surface area contributed by atoms with Gasteiger partial charge in [-0.1, -0.05) is 26.2 Å². The lowest BCUT2D eigenvalue weighted by molar-refractivity contribution is 0.0783. The summed E-state index contributed by atoms with van der Waals surface area (Å²) in [6, 6.07) is 0. The van der Waals surface area contributed by atoms with Crippen molar-refractivity contribution in [1.82, 2.24) is 10.6 Å². The van der Waals surface area contributed by atoms with E-state index in [2.05, 4.69) is 28.8 Å². The molecule has 1 aliphatic carbocycles. The molecule has 1 heterocycles. The molecule has 4 nitrogen and oxygen atoms in total. The van der Waals surface area contributed by atoms with Crippen LogP contribution in [0.1, 0.15) is 51.9 Å². The lowest BCUT2D eigenvalue weighted by atomic mass is 9.81. The summed E-state index contributed by atoms with van der Waals surface area (Å²) in [5.41, 5.74) is 0. The maximum atomic E-state index is 5.51. The Morgan fingerprint density at radius 2 is 2.00 bits per heavy atom. The first kappa shape index (κ1) is 22.4. The molecule has 1 saturated heterocycles. The van der Waals surface area contributed by atoms with Crippen LogP contribution in [0.5, 0.6) is 0 Å². The fourth-order valence-electron chi connectivity index (χ4n) is 3.88. The van der Waals surface area contributed by atoms with Crippen LogP contribution in [-0.4, -0.2) is 50.3 Å². The van der Waals surface area contributed by atoms with E-state index in [-0.39, 0.29) is 24.0 Å². The summed E-state index contributed by atoms with van der Waals surface area (Å²) in [6.07, 6.45) is 11.4. The number of aliphatic imine (C=N–C) groups is 1. The van der Waals surface area contributed by atoms with Gasteiger partial charge in [-0.15, -0.1) is 24.0 Å². The molecular weight excluding hydrogens is 433 g/mol. The van der Waals surface area contributed by atoms with E-state index in [9.17, 15) is 0 Å². The third kappa shape index (κ3) is 7.28. The quantitative estimate of drug-likeness (QED) is 0.352. The Kier molecular flexibility index (Phi) is 11.0. The van der Waals surface area contributed by atoms with Gasteiger partial charge in [0.1, 0.15) is 0 Å². The van der Waals surface area contributed by atoms with E-state index < -0.39 is 0 Å². The van der Waals surface area contributed by atoms with Gasteiger partial charge in [-0.05, 0) is 43.8 Å². The zero-order valence-corrected chi connectivity index (χ0v) is 18.8. The number of nitrogens with one attached hydrogen (secondary N) is 2. The first-order valence-corrected chi connectivity index (χ1v) is 10.5. The van der Waals surface area contributed by atoms with Crippen molar-refractivity contribution >= 4 is 41.7 Å². The molecule has 142 valence electrons. The monoisotopic (exact) mass is 469 g/mol. The molecule has 1 aliphatic heterocycles. The van der Waals surface area contributed by atoms with Crippen LogP contribution in [0.3, 0.4) is 0 Å². The fourth-order valence-corrected chi connectivity index (χ4v) is 4.67. The Morgan fingerprint density at radius 3 is 2.62 bits per heavy atom. The fraction of sp³-hybridized carbons (Fsp3) is 0.944. The lowest BCUT2D eigenvalue weighted by Gasteiger charge is -2.36. The molecule has 0 aromatic heterocycles. The molecule has 24 heavy (non-hydrogen) atoms. The highest BCUT2D eigenvalue weighted by Gasteiger charge is 2.31. The van der Waals surface area contributed by atoms with E-state index in [0.717, 1.165) is 56.9 Å². The third-order valence-electron chi connectivity index (χ3n) is 5.53. The van der Waals surface area contributed by atoms with Gasteiger partial charge in [0, 0.05) is 38.1 Å². The second-order valence-electron chi connectivity index (χ2n) is 7.28. The van der Waals surface area contributed by atoms with Gasteiger partial charge in [0.2, 0.25) is 0 Å². The van der Waals surface area contributed by atoms with Gasteiger partial charge in [0.15, 0.2) is 5.96 Å². The van der Waals surface area contributed by atoms with Crippen molar-refractivity contribution in [2.24, 2.45) is 16.8 Å². The van der Waals surface area contributed by atoms with Gasteiger partial charge in [-0.25, -0.2) is 0 Å². The first-order valence-electron chi connectivity index (χ1n) is 9.25. The number of thioether (sulfide) groups is 1. The Hall–Kier alpha value is 0.310. The normalized spacial score (nSPS) is 27.2. The van der Waals surface area contributed by atoms with E-state index in [1.54, 1.807) is 0 Å². The molecule has 0 aromatic rings. The molecule has 0 bridgehead atoms. The van der Waals surface area contributed by atoms with E-state index in [4.69, 9.17) is 4.74 Å². The molecule has 6 heteroatoms. The maximum absolute atomic E-state index is 5.51. The average molecular weight is 469 g/mol. The highest BCUT2D eigenvalue weighted by atomic mass is 127. The number of hydrogen-bond acceptors (Lipinski definition) is 3. The minimum Gasteiger partial charge on any atom is -0.381 e. The number of ether oxygens (including phenoxy) is 1. The molecule has 2 atom stereocenters. The van der Waals surface area contributed by atoms with Crippen molar-refractivity contribution < 1.29 is 4.74 Å². The molecule has 2 unspecified atom stereocenters. The predicted molar refractivity (Wildman–Crippen MR) is 117 cm³/mol. The Balaban J connectivity index is 0.00000288. The van der Waals surface area contributed by atoms with E-state index in [1.807, 2.05) is 18.8 Å². The molecule has 0 radical (unpaired) electrons. The zero-order valence-electron chi connectivity index (χ0n) is 15.6. The Morgan fingerprint density at radius 1 is 1.25 bits per heavy atom. The molecule has 2 rings (SSSR count). The topological polar surface area (TPSA) is 45.7 Å². The standard InChI is InChI=1S/C18H35N3OS.HI/c1-15-5-4-6-16(13-15)7-10-20-17(19-2)21-14-18(23-3)8-11-22-12-9-18;/h15-16H,4-14H2,1-3H3,(H2,19,20,21);1H. The van der Waals surface area contributed by atoms with Crippen molar-refractivity contribution in [2.75, 3.05) is 39.6 Å². The molecule has 2 fully saturated rings. The van der Waals surface area contributed by atoms with Gasteiger partial charge in [-0.2, -0.15) is 11.8 Å². The summed E-state index contributed by atoms with van der Waals surface area (Å²) in [6.45, 7) is 6.17. The van der Waals surface area contributed by atoms with Crippen molar-refractivity contribution in [3.63, 3.8) is 0 Å². The molecule has 0 amide bonds. The molecule has 2 N–H and O–H groups in total. The number of nitrogens with zero attached hydrogens (tertiary/aromatic N) is 1. The highest BCUT2D eigenvalue weighted by molar-refractivity contribution is 14.0. The van der Waals surface area contributed by atoms with Crippen LogP contribution >= 0.6 is 35.7 Å². The average Bonchev–Trinajstić information content (AvgIpc) is 2.59. The third-order valence-corrected chi connectivity index (χ3v) is 6.95. The predicted octanol–water partition coefficient (Wildman–Crippen LogP) is 3.90. The van der Waals surface area contributed by atoms with Crippen LogP contribution in [0.4, 0.5) is 0 Å². The SMILES string of the molecule is CN=C(NCCC1CCCC(C)C1)NCC1(SC)CCOCC1.I. The van der Waals surface area contributed by atoms with Gasteiger partial charge in [0.05, 0.1) is 0 Å². The first-order chi connectivity index (χ1) is 11.2. The molecular formula is C18H36IN3OS. The van der Waals surface area contributed by atoms with Crippen LogP contribution in [0, 0.1) is 11.8 Å². The number of rotatable bonds is 6. The summed E-state index contributed by atoms with van der Waals surface area (Å²) in [5, 5.41) is 7.05. The van der Waals surface area contributed by atoms with Crippen molar-refractivity contribution in [3.05, 3.63) is 0 Å². The molecule has 2 aliphatic rings. The summed E-state index contributed by atoms with van der Waals surface area (Å²) in [5.74, 6) is 2.77. The highest BCUT2D eigenvalue weighted by Crippen LogP contribution is 2.33. The Bertz CT molecular complexity index is 375. The molecule has 1 saturated carbocycles. The van der Waals surface area contributed by atoms with Crippen molar-refractivity contribution in [2.45, 2.75) is 56.6 Å². The largest absolute Gasteiger partial charge is 0.381 e. The number of halogens is 1. The van der Waals surface area contributed by atoms with Crippen LogP contribution in [0.15, 0.2) is 4.99 Å². The second-order valence-corrected chi connectivity index (χ2v) is 8.55. The van der Waals surface area contributed by atoms with E-state index in [0.29, 0.717) is 4.75 Å². The van der Waals surface area contributed by atoms with E-state index in [1.165, 1.54) is 32.1 Å². The van der Waals surface area contributed by atoms with Crippen molar-refractivity contribution in [1.29, 1.82) is 0 Å². The Labute approximate surface area is 169 Å². The van der Waals surface area contributed by atoms with Gasteiger partial charge in [0.25, 0.3) is 0 Å². The summed E-state index contributed by atoms with van der Waals surface area (Å²) in [7, 11) is 1.87.